The smallest absolute Gasteiger partial charge is 0.337 e. The van der Waals surface area contributed by atoms with Crippen LogP contribution in [0.2, 0.25) is 0 Å². The van der Waals surface area contributed by atoms with Crippen LogP contribution in [0.4, 0.5) is 0 Å². The van der Waals surface area contributed by atoms with Crippen LogP contribution < -0.4 is 0 Å². The van der Waals surface area contributed by atoms with E-state index in [4.69, 9.17) is 0 Å². The fourth-order valence-electron chi connectivity index (χ4n) is 1.33. The predicted octanol–water partition coefficient (Wildman–Crippen LogP) is -0.228. The van der Waals surface area contributed by atoms with E-state index >= 15 is 0 Å². The molecule has 1 aromatic rings. The van der Waals surface area contributed by atoms with Crippen molar-refractivity contribution in [1.29, 1.82) is 0 Å². The number of benzene rings is 1. The Morgan fingerprint density at radius 1 is 1.41 bits per heavy atom. The van der Waals surface area contributed by atoms with Crippen molar-refractivity contribution < 1.29 is 29.6 Å². The summed E-state index contributed by atoms with van der Waals surface area (Å²) < 4.78 is 4.25. The molecule has 6 nitrogen and oxygen atoms in total. The molecule has 17 heavy (non-hydrogen) atoms. The van der Waals surface area contributed by atoms with Crippen molar-refractivity contribution in [3.8, 4) is 5.75 Å². The molecule has 92 valence electrons. The van der Waals surface area contributed by atoms with Crippen molar-refractivity contribution in [3.05, 3.63) is 29.3 Å². The lowest BCUT2D eigenvalue weighted by atomic mass is 10.0. The summed E-state index contributed by atoms with van der Waals surface area (Å²) in [6.07, 6.45) is -3.09. The number of methoxy groups -OCH3 is 1. The SMILES string of the molecule is COC(=O)C(O)C(O)c1cccc(C=O)c1O. The molecule has 0 aliphatic carbocycles. The van der Waals surface area contributed by atoms with Crippen molar-refractivity contribution in [3.63, 3.8) is 0 Å². The van der Waals surface area contributed by atoms with Gasteiger partial charge in [-0.1, -0.05) is 12.1 Å². The van der Waals surface area contributed by atoms with Crippen LogP contribution in [-0.2, 0) is 9.53 Å². The van der Waals surface area contributed by atoms with E-state index in [0.29, 0.717) is 6.29 Å². The van der Waals surface area contributed by atoms with Gasteiger partial charge in [0.25, 0.3) is 0 Å². The zero-order valence-corrected chi connectivity index (χ0v) is 9.03. The lowest BCUT2D eigenvalue weighted by Gasteiger charge is -2.17. The highest BCUT2D eigenvalue weighted by atomic mass is 16.5. The molecular weight excluding hydrogens is 228 g/mol. The highest BCUT2D eigenvalue weighted by molar-refractivity contribution is 5.81. The summed E-state index contributed by atoms with van der Waals surface area (Å²) in [4.78, 5) is 21.6. The lowest BCUT2D eigenvalue weighted by molar-refractivity contribution is -0.156. The Balaban J connectivity index is 3.08. The van der Waals surface area contributed by atoms with Crippen LogP contribution >= 0.6 is 0 Å². The maximum absolute atomic E-state index is 11.0. The van der Waals surface area contributed by atoms with Crippen molar-refractivity contribution in [1.82, 2.24) is 0 Å². The Morgan fingerprint density at radius 3 is 2.59 bits per heavy atom. The van der Waals surface area contributed by atoms with Crippen LogP contribution in [0.5, 0.6) is 5.75 Å². The van der Waals surface area contributed by atoms with E-state index < -0.39 is 23.9 Å². The number of aldehydes is 1. The summed E-state index contributed by atoms with van der Waals surface area (Å²) in [6.45, 7) is 0. The van der Waals surface area contributed by atoms with Gasteiger partial charge in [-0.15, -0.1) is 0 Å². The fourth-order valence-corrected chi connectivity index (χ4v) is 1.33. The number of esters is 1. The first-order valence-electron chi connectivity index (χ1n) is 4.74. The van der Waals surface area contributed by atoms with Gasteiger partial charge in [0.05, 0.1) is 12.7 Å². The third kappa shape index (κ3) is 2.61. The molecule has 0 aliphatic heterocycles. The normalized spacial score (nSPS) is 13.8. The monoisotopic (exact) mass is 240 g/mol. The molecule has 0 fully saturated rings. The molecule has 0 spiro atoms. The Bertz CT molecular complexity index is 428. The fraction of sp³-hybridized carbons (Fsp3) is 0.273. The average molecular weight is 240 g/mol. The van der Waals surface area contributed by atoms with Crippen molar-refractivity contribution in [2.75, 3.05) is 7.11 Å². The Hall–Kier alpha value is -1.92. The molecule has 2 atom stereocenters. The molecule has 0 aliphatic rings. The molecule has 1 rings (SSSR count). The number of carbonyl (C=O) groups excluding carboxylic acids is 2. The van der Waals surface area contributed by atoms with E-state index in [9.17, 15) is 24.9 Å². The first-order chi connectivity index (χ1) is 8.02. The third-order valence-corrected chi connectivity index (χ3v) is 2.29. The second kappa shape index (κ2) is 5.42. The number of aliphatic hydroxyl groups excluding tert-OH is 2. The van der Waals surface area contributed by atoms with Crippen molar-refractivity contribution in [2.24, 2.45) is 0 Å². The standard InChI is InChI=1S/C11H12O6/c1-17-11(16)10(15)9(14)7-4-2-3-6(5-12)8(7)13/h2-5,9-10,13-15H,1H3. The van der Waals surface area contributed by atoms with Crippen molar-refractivity contribution in [2.45, 2.75) is 12.2 Å². The minimum absolute atomic E-state index is 0.0429. The summed E-state index contributed by atoms with van der Waals surface area (Å²) in [5.41, 5.74) is -0.161. The highest BCUT2D eigenvalue weighted by Crippen LogP contribution is 2.29. The molecule has 0 saturated carbocycles. The molecule has 0 heterocycles. The topological polar surface area (TPSA) is 104 Å². The quantitative estimate of drug-likeness (QED) is 0.496. The molecular formula is C11H12O6. The van der Waals surface area contributed by atoms with Crippen LogP contribution in [0.15, 0.2) is 18.2 Å². The van der Waals surface area contributed by atoms with Gasteiger partial charge in [0.2, 0.25) is 0 Å². The Kier molecular flexibility index (Phi) is 4.19. The average Bonchev–Trinajstić information content (AvgIpc) is 2.36. The second-order valence-corrected chi connectivity index (χ2v) is 3.32. The van der Waals surface area contributed by atoms with E-state index in [1.54, 1.807) is 0 Å². The number of ether oxygens (including phenoxy) is 1. The van der Waals surface area contributed by atoms with Crippen LogP contribution in [0.1, 0.15) is 22.0 Å². The van der Waals surface area contributed by atoms with E-state index in [1.165, 1.54) is 18.2 Å². The van der Waals surface area contributed by atoms with Gasteiger partial charge in [-0.05, 0) is 6.07 Å². The number of rotatable bonds is 4. The van der Waals surface area contributed by atoms with Gasteiger partial charge >= 0.3 is 5.97 Å². The molecule has 0 aromatic heterocycles. The molecule has 2 unspecified atom stereocenters. The van der Waals surface area contributed by atoms with Crippen LogP contribution in [0.3, 0.4) is 0 Å². The maximum Gasteiger partial charge on any atom is 0.337 e. The van der Waals surface area contributed by atoms with Crippen molar-refractivity contribution >= 4 is 12.3 Å². The van der Waals surface area contributed by atoms with Gasteiger partial charge in [0, 0.05) is 5.56 Å². The van der Waals surface area contributed by atoms with Gasteiger partial charge in [-0.25, -0.2) is 4.79 Å². The van der Waals surface area contributed by atoms with Gasteiger partial charge in [-0.3, -0.25) is 4.79 Å². The summed E-state index contributed by atoms with van der Waals surface area (Å²) in [5, 5.41) is 28.7. The molecule has 6 heteroatoms. The van der Waals surface area contributed by atoms with E-state index in [-0.39, 0.29) is 11.1 Å². The Morgan fingerprint density at radius 2 is 2.06 bits per heavy atom. The number of carbonyl (C=O) groups is 2. The number of phenols is 1. The highest BCUT2D eigenvalue weighted by Gasteiger charge is 2.28. The first kappa shape index (κ1) is 13.1. The number of aromatic hydroxyl groups is 1. The first-order valence-corrected chi connectivity index (χ1v) is 4.74. The number of hydrogen-bond acceptors (Lipinski definition) is 6. The minimum atomic E-state index is -1.83. The lowest BCUT2D eigenvalue weighted by Crippen LogP contribution is -2.29. The summed E-state index contributed by atoms with van der Waals surface area (Å²) in [7, 11) is 1.06. The van der Waals surface area contributed by atoms with Crippen LogP contribution in [0.25, 0.3) is 0 Å². The van der Waals surface area contributed by atoms with Crippen LogP contribution in [0, 0.1) is 0 Å². The zero-order valence-electron chi connectivity index (χ0n) is 9.03. The number of aliphatic hydroxyl groups is 2. The number of hydrogen-bond donors (Lipinski definition) is 3. The van der Waals surface area contributed by atoms with Gasteiger partial charge in [-0.2, -0.15) is 0 Å². The minimum Gasteiger partial charge on any atom is -0.507 e. The summed E-state index contributed by atoms with van der Waals surface area (Å²) in [6, 6.07) is 4.04. The molecule has 3 N–H and O–H groups in total. The molecule has 0 radical (unpaired) electrons. The number of para-hydroxylation sites is 1. The summed E-state index contributed by atoms with van der Waals surface area (Å²) >= 11 is 0. The van der Waals surface area contributed by atoms with E-state index in [1.807, 2.05) is 0 Å². The second-order valence-electron chi connectivity index (χ2n) is 3.32. The molecule has 0 amide bonds. The van der Waals surface area contributed by atoms with E-state index in [2.05, 4.69) is 4.74 Å². The van der Waals surface area contributed by atoms with Gasteiger partial charge in [0.15, 0.2) is 12.4 Å². The summed E-state index contributed by atoms with van der Waals surface area (Å²) in [5.74, 6) is -1.51. The predicted molar refractivity (Wildman–Crippen MR) is 56.5 cm³/mol. The maximum atomic E-state index is 11.0. The molecule has 1 aromatic carbocycles. The molecule has 0 saturated heterocycles. The zero-order chi connectivity index (χ0) is 13.0. The largest absolute Gasteiger partial charge is 0.507 e. The Labute approximate surface area is 97.1 Å². The molecule has 0 bridgehead atoms. The van der Waals surface area contributed by atoms with Gasteiger partial charge < -0.3 is 20.1 Å². The van der Waals surface area contributed by atoms with Gasteiger partial charge in [0.1, 0.15) is 11.9 Å². The van der Waals surface area contributed by atoms with Crippen LogP contribution in [-0.4, -0.2) is 40.8 Å². The van der Waals surface area contributed by atoms with E-state index in [0.717, 1.165) is 7.11 Å². The third-order valence-electron chi connectivity index (χ3n) is 2.29. The number of phenolic OH excluding ortho intramolecular Hbond substituents is 1.